The fourth-order valence-corrected chi connectivity index (χ4v) is 13.5. The number of unbranched alkanes of at least 4 members (excludes halogenated alkanes) is 7. The zero-order chi connectivity index (χ0) is 36.6. The summed E-state index contributed by atoms with van der Waals surface area (Å²) in [7, 11) is 0. The molecule has 1 aliphatic heterocycles. The molecule has 1 unspecified atom stereocenters. The molecule has 0 spiro atoms. The zero-order valence-electron chi connectivity index (χ0n) is 31.1. The Labute approximate surface area is 332 Å². The topological polar surface area (TPSA) is 85.6 Å². The summed E-state index contributed by atoms with van der Waals surface area (Å²) in [6.07, 6.45) is 11.1. The van der Waals surface area contributed by atoms with Crippen molar-refractivity contribution < 1.29 is 22.1 Å². The molecule has 0 saturated carbocycles. The van der Waals surface area contributed by atoms with Crippen LogP contribution in [-0.4, -0.2) is 31.2 Å². The van der Waals surface area contributed by atoms with E-state index in [4.69, 9.17) is 21.7 Å². The minimum atomic E-state index is -3.15. The van der Waals surface area contributed by atoms with Crippen LogP contribution in [0.5, 0.6) is 5.75 Å². The van der Waals surface area contributed by atoms with Gasteiger partial charge in [0.2, 0.25) is 0 Å². The molecule has 1 heterocycles. The summed E-state index contributed by atoms with van der Waals surface area (Å²) in [5.41, 5.74) is 8.41. The van der Waals surface area contributed by atoms with Gasteiger partial charge in [-0.1, -0.05) is 30.3 Å². The van der Waals surface area contributed by atoms with Crippen LogP contribution in [0.2, 0.25) is 0 Å². The molecular formula is C45H54Cl2N5OP. The number of hydrogen-bond donors (Lipinski definition) is 4. The Morgan fingerprint density at radius 1 is 0.630 bits per heavy atom. The Hall–Kier alpha value is -4.35. The molecule has 1 atom stereocenters. The van der Waals surface area contributed by atoms with E-state index in [-0.39, 0.29) is 18.6 Å². The number of rotatable bonds is 19. The van der Waals surface area contributed by atoms with Crippen LogP contribution in [0.1, 0.15) is 68.7 Å². The minimum absolute atomic E-state index is 0. The summed E-state index contributed by atoms with van der Waals surface area (Å²) in [6, 6.07) is 51.0. The average molecular weight is 783 g/mol. The predicted molar refractivity (Wildman–Crippen MR) is 226 cm³/mol. The zero-order valence-corrected chi connectivity index (χ0v) is 33.5. The van der Waals surface area contributed by atoms with Crippen molar-refractivity contribution >= 4 is 45.0 Å². The summed E-state index contributed by atoms with van der Waals surface area (Å²) in [5.74, 6) is -1.12. The van der Waals surface area contributed by atoms with E-state index in [1.807, 2.05) is 18.2 Å². The van der Waals surface area contributed by atoms with Gasteiger partial charge in [-0.25, -0.2) is 5.32 Å². The van der Waals surface area contributed by atoms with Gasteiger partial charge in [-0.15, -0.1) is 0 Å². The van der Waals surface area contributed by atoms with Crippen molar-refractivity contribution in [3.8, 4) is 5.75 Å². The van der Waals surface area contributed by atoms with Crippen LogP contribution in [0.3, 0.4) is 0 Å². The smallest absolute Gasteiger partial charge is 0.352 e. The van der Waals surface area contributed by atoms with Crippen LogP contribution in [-0.2, 0) is 6.42 Å². The van der Waals surface area contributed by atoms with Crippen molar-refractivity contribution in [2.45, 2.75) is 64.0 Å². The van der Waals surface area contributed by atoms with Gasteiger partial charge in [-0.3, -0.25) is 10.3 Å². The number of hydrogen-bond acceptors (Lipinski definition) is 3. The molecule has 6 rings (SSSR count). The van der Waals surface area contributed by atoms with Crippen LogP contribution >= 0.6 is 17.2 Å². The predicted octanol–water partition coefficient (Wildman–Crippen LogP) is 4.06. The van der Waals surface area contributed by atoms with E-state index in [1.165, 1.54) is 60.0 Å². The molecule has 54 heavy (non-hydrogen) atoms. The SMILES string of the molecule is NC1=NC(c2ccc(OCCCCCCCCCCP(Cl)(c3ccccc3)(c3ccccc3)c3ccccc3)cc2)NC(=[NH+]CCc2ccccc2)N1.[Cl-]. The van der Waals surface area contributed by atoms with Crippen molar-refractivity contribution in [3.63, 3.8) is 0 Å². The number of nitrogens with zero attached hydrogens (tertiary/aromatic N) is 1. The van der Waals surface area contributed by atoms with E-state index in [2.05, 4.69) is 148 Å². The first kappa shape index (κ1) is 40.8. The van der Waals surface area contributed by atoms with Crippen LogP contribution in [0.4, 0.5) is 0 Å². The van der Waals surface area contributed by atoms with Gasteiger partial charge < -0.3 is 18.1 Å². The Bertz CT molecular complexity index is 1800. The van der Waals surface area contributed by atoms with Gasteiger partial charge in [0.05, 0.1) is 6.54 Å². The standard InChI is InChI=1S/C45H53ClN5OP.ClH/c46-53(40-23-13-8-14-24-40,41-25-15-9-16-26-41,42-27-17-10-18-28-42)36-20-6-4-2-1-3-5-19-35-52-39-31-29-38(30-32-39)43-49-44(47)51-45(50-43)48-34-33-37-21-11-7-12-22-37;/h7-18,21-32,43H,1-6,19-20,33-36H2,(H4,47,48,49,50,51);1H. The maximum atomic E-state index is 8.22. The van der Waals surface area contributed by atoms with Gasteiger partial charge in [0, 0.05) is 12.0 Å². The Kier molecular flexibility index (Phi) is 15.4. The number of nitrogens with one attached hydrogen (secondary N) is 3. The summed E-state index contributed by atoms with van der Waals surface area (Å²) in [5, 5.41) is 10.3. The third-order valence-electron chi connectivity index (χ3n) is 10.2. The van der Waals surface area contributed by atoms with Gasteiger partial charge in [-0.2, -0.15) is 4.99 Å². The molecule has 1 aliphatic rings. The van der Waals surface area contributed by atoms with E-state index in [0.717, 1.165) is 55.8 Å². The second-order valence-corrected chi connectivity index (χ2v) is 20.5. The van der Waals surface area contributed by atoms with Crippen molar-refractivity contribution in [1.29, 1.82) is 0 Å². The molecule has 0 aliphatic carbocycles. The second-order valence-electron chi connectivity index (χ2n) is 13.9. The van der Waals surface area contributed by atoms with Gasteiger partial charge >= 0.3 is 205 Å². The van der Waals surface area contributed by atoms with Crippen LogP contribution in [0, 0.1) is 0 Å². The molecule has 0 aromatic heterocycles. The molecule has 5 aromatic carbocycles. The van der Waals surface area contributed by atoms with Crippen molar-refractivity contribution in [3.05, 3.63) is 157 Å². The quantitative estimate of drug-likeness (QED) is 0.0753. The van der Waals surface area contributed by atoms with Crippen molar-refractivity contribution in [1.82, 2.24) is 10.6 Å². The number of ether oxygens (including phenoxy) is 1. The minimum Gasteiger partial charge on any atom is -1.00 e. The molecule has 0 radical (unpaired) electrons. The van der Waals surface area contributed by atoms with Gasteiger partial charge in [-0.05, 0) is 29.8 Å². The monoisotopic (exact) mass is 781 g/mol. The fourth-order valence-electron chi connectivity index (χ4n) is 7.29. The third kappa shape index (κ3) is 10.4. The first-order chi connectivity index (χ1) is 26.0. The van der Waals surface area contributed by atoms with Gasteiger partial charge in [0.1, 0.15) is 0 Å². The van der Waals surface area contributed by atoms with Crippen LogP contribution < -0.4 is 54.4 Å². The molecule has 0 amide bonds. The number of guanidine groups is 2. The van der Waals surface area contributed by atoms with Gasteiger partial charge in [0.25, 0.3) is 5.96 Å². The number of benzene rings is 5. The normalized spacial score (nSPS) is 15.5. The van der Waals surface area contributed by atoms with Gasteiger partial charge in [0.15, 0.2) is 6.17 Å². The second kappa shape index (κ2) is 20.4. The Morgan fingerprint density at radius 3 is 1.65 bits per heavy atom. The summed E-state index contributed by atoms with van der Waals surface area (Å²) in [6.45, 7) is 1.50. The average Bonchev–Trinajstić information content (AvgIpc) is 3.21. The van der Waals surface area contributed by atoms with E-state index in [1.54, 1.807) is 0 Å². The first-order valence-corrected chi connectivity index (χ1v) is 22.5. The van der Waals surface area contributed by atoms with Crippen molar-refractivity contribution in [2.24, 2.45) is 10.7 Å². The van der Waals surface area contributed by atoms with Crippen LogP contribution in [0.25, 0.3) is 0 Å². The number of aliphatic imine (C=N–C) groups is 1. The molecule has 0 saturated heterocycles. The Balaban J connectivity index is 0.00000561. The molecule has 5 aromatic rings. The largest absolute Gasteiger partial charge is 1.00 e. The van der Waals surface area contributed by atoms with E-state index >= 15 is 0 Å². The maximum absolute atomic E-state index is 8.22. The maximum Gasteiger partial charge on any atom is 0.352 e. The molecule has 5 N–H and O–H groups in total. The van der Waals surface area contributed by atoms with E-state index in [0.29, 0.717) is 5.96 Å². The summed E-state index contributed by atoms with van der Waals surface area (Å²) >= 11 is 8.22. The molecular weight excluding hydrogens is 728 g/mol. The fraction of sp³-hybridized carbons (Fsp3) is 0.289. The molecule has 6 nitrogen and oxygen atoms in total. The molecule has 0 fully saturated rings. The van der Waals surface area contributed by atoms with E-state index in [9.17, 15) is 0 Å². The van der Waals surface area contributed by atoms with Crippen LogP contribution in [0.15, 0.2) is 151 Å². The van der Waals surface area contributed by atoms with Crippen molar-refractivity contribution in [2.75, 3.05) is 19.3 Å². The molecule has 9 heteroatoms. The summed E-state index contributed by atoms with van der Waals surface area (Å²) < 4.78 is 6.08. The molecule has 284 valence electrons. The van der Waals surface area contributed by atoms with E-state index < -0.39 is 5.96 Å². The number of halogens is 2. The molecule has 0 bridgehead atoms. The first-order valence-electron chi connectivity index (χ1n) is 19.2. The Morgan fingerprint density at radius 2 is 1.11 bits per heavy atom. The third-order valence-corrected chi connectivity index (χ3v) is 17.7. The number of nitrogens with two attached hydrogens (primary N) is 1. The summed E-state index contributed by atoms with van der Waals surface area (Å²) in [4.78, 5) is 7.95.